The van der Waals surface area contributed by atoms with Crippen LogP contribution in [0.1, 0.15) is 0 Å². The predicted octanol–water partition coefficient (Wildman–Crippen LogP) is 0.968. The molecular weight excluding hydrogens is 126 g/mol. The van der Waals surface area contributed by atoms with E-state index < -0.39 is 0 Å². The molecule has 0 aliphatic carbocycles. The highest BCUT2D eigenvalue weighted by Gasteiger charge is 1.93. The molecule has 0 aliphatic heterocycles. The average Bonchev–Trinajstić information content (AvgIpc) is 2.27. The molecule has 0 amide bonds. The summed E-state index contributed by atoms with van der Waals surface area (Å²) in [5.41, 5.74) is 0.998. The Bertz CT molecular complexity index is 317. The molecular formula is C7H7N3. The molecule has 10 heavy (non-hydrogen) atoms. The van der Waals surface area contributed by atoms with Crippen LogP contribution < -0.4 is 0 Å². The molecule has 0 spiro atoms. The second kappa shape index (κ2) is 1.80. The lowest BCUT2D eigenvalue weighted by Gasteiger charge is -1.80. The van der Waals surface area contributed by atoms with Crippen LogP contribution in [0.15, 0.2) is 24.9 Å². The summed E-state index contributed by atoms with van der Waals surface area (Å²) in [6.07, 6.45) is 7.33. The second-order valence-electron chi connectivity index (χ2n) is 2.29. The van der Waals surface area contributed by atoms with Gasteiger partial charge in [0.15, 0.2) is 0 Å². The molecule has 0 fully saturated rings. The minimum atomic E-state index is 0.998. The summed E-state index contributed by atoms with van der Waals surface area (Å²) in [7, 11) is 1.97. The van der Waals surface area contributed by atoms with Gasteiger partial charge >= 0.3 is 0 Å². The zero-order chi connectivity index (χ0) is 6.97. The van der Waals surface area contributed by atoms with Gasteiger partial charge in [0.05, 0.1) is 5.52 Å². The first kappa shape index (κ1) is 5.41. The van der Waals surface area contributed by atoms with Gasteiger partial charge in [-0.2, -0.15) is 0 Å². The van der Waals surface area contributed by atoms with E-state index in [0.717, 1.165) is 10.9 Å². The molecule has 0 unspecified atom stereocenters. The normalized spacial score (nSPS) is 10.5. The number of rotatable bonds is 0. The van der Waals surface area contributed by atoms with Crippen molar-refractivity contribution in [1.29, 1.82) is 0 Å². The molecule has 0 atom stereocenters. The monoisotopic (exact) mass is 133 g/mol. The summed E-state index contributed by atoms with van der Waals surface area (Å²) in [6, 6.07) is 0. The average molecular weight is 133 g/mol. The van der Waals surface area contributed by atoms with E-state index in [1.165, 1.54) is 0 Å². The maximum atomic E-state index is 4.07. The van der Waals surface area contributed by atoms with Crippen molar-refractivity contribution in [2.45, 2.75) is 0 Å². The fourth-order valence-electron chi connectivity index (χ4n) is 1.01. The number of aromatic nitrogens is 3. The molecule has 3 heteroatoms. The highest BCUT2D eigenvalue weighted by atomic mass is 14.9. The Hall–Kier alpha value is -1.38. The molecule has 2 rings (SSSR count). The van der Waals surface area contributed by atoms with Crippen molar-refractivity contribution in [3.63, 3.8) is 0 Å². The van der Waals surface area contributed by atoms with Crippen molar-refractivity contribution < 1.29 is 0 Å². The summed E-state index contributed by atoms with van der Waals surface area (Å²) in [5, 5.41) is 1.09. The summed E-state index contributed by atoms with van der Waals surface area (Å²) in [5.74, 6) is 0. The maximum Gasteiger partial charge on any atom is 0.116 e. The first-order valence-corrected chi connectivity index (χ1v) is 3.08. The van der Waals surface area contributed by atoms with E-state index in [0.29, 0.717) is 0 Å². The van der Waals surface area contributed by atoms with Crippen LogP contribution in [0.5, 0.6) is 0 Å². The molecule has 0 aliphatic rings. The molecule has 0 bridgehead atoms. The van der Waals surface area contributed by atoms with Crippen molar-refractivity contribution in [3.05, 3.63) is 24.9 Å². The number of hydrogen-bond acceptors (Lipinski definition) is 2. The van der Waals surface area contributed by atoms with Crippen molar-refractivity contribution in [1.82, 2.24) is 14.5 Å². The van der Waals surface area contributed by atoms with Crippen LogP contribution in [-0.4, -0.2) is 14.5 Å². The summed E-state index contributed by atoms with van der Waals surface area (Å²) < 4.78 is 1.97. The molecule has 0 saturated carbocycles. The fourth-order valence-corrected chi connectivity index (χ4v) is 1.01. The van der Waals surface area contributed by atoms with E-state index in [4.69, 9.17) is 0 Å². The lowest BCUT2D eigenvalue weighted by molar-refractivity contribution is 0.932. The zero-order valence-electron chi connectivity index (χ0n) is 5.65. The molecule has 2 aromatic heterocycles. The highest BCUT2D eigenvalue weighted by Crippen LogP contribution is 2.07. The Morgan fingerprint density at radius 1 is 1.40 bits per heavy atom. The Labute approximate surface area is 58.3 Å². The van der Waals surface area contributed by atoms with Gasteiger partial charge in [-0.05, 0) is 0 Å². The summed E-state index contributed by atoms with van der Waals surface area (Å²) in [4.78, 5) is 7.97. The first-order chi connectivity index (χ1) is 4.86. The van der Waals surface area contributed by atoms with E-state index in [-0.39, 0.29) is 0 Å². The van der Waals surface area contributed by atoms with Crippen molar-refractivity contribution >= 4 is 10.9 Å². The van der Waals surface area contributed by atoms with Gasteiger partial charge in [0.1, 0.15) is 6.33 Å². The summed E-state index contributed by atoms with van der Waals surface area (Å²) in [6.45, 7) is 0. The maximum absolute atomic E-state index is 4.07. The zero-order valence-corrected chi connectivity index (χ0v) is 5.65. The Kier molecular flexibility index (Phi) is 0.974. The van der Waals surface area contributed by atoms with E-state index in [1.54, 1.807) is 6.33 Å². The van der Waals surface area contributed by atoms with Crippen LogP contribution in [-0.2, 0) is 7.05 Å². The van der Waals surface area contributed by atoms with Crippen molar-refractivity contribution in [2.24, 2.45) is 7.05 Å². The third-order valence-electron chi connectivity index (χ3n) is 1.44. The van der Waals surface area contributed by atoms with Crippen LogP contribution in [0.25, 0.3) is 10.9 Å². The third kappa shape index (κ3) is 0.673. The lowest BCUT2D eigenvalue weighted by atomic mass is 10.4. The SMILES string of the molecule is Cn1cc2cncnc2c1. The van der Waals surface area contributed by atoms with Gasteiger partial charge in [-0.1, -0.05) is 0 Å². The van der Waals surface area contributed by atoms with Gasteiger partial charge in [0.2, 0.25) is 0 Å². The number of nitrogens with zero attached hydrogens (tertiary/aromatic N) is 3. The van der Waals surface area contributed by atoms with Crippen LogP contribution >= 0.6 is 0 Å². The fraction of sp³-hybridized carbons (Fsp3) is 0.143. The Morgan fingerprint density at radius 3 is 3.10 bits per heavy atom. The predicted molar refractivity (Wildman–Crippen MR) is 38.5 cm³/mol. The Morgan fingerprint density at radius 2 is 2.30 bits per heavy atom. The number of hydrogen-bond donors (Lipinski definition) is 0. The number of fused-ring (bicyclic) bond motifs is 1. The summed E-state index contributed by atoms with van der Waals surface area (Å²) >= 11 is 0. The minimum absolute atomic E-state index is 0.998. The molecule has 50 valence electrons. The van der Waals surface area contributed by atoms with Crippen molar-refractivity contribution in [3.8, 4) is 0 Å². The molecule has 3 nitrogen and oxygen atoms in total. The van der Waals surface area contributed by atoms with Crippen LogP contribution in [0.4, 0.5) is 0 Å². The molecule has 2 aromatic rings. The van der Waals surface area contributed by atoms with E-state index in [2.05, 4.69) is 9.97 Å². The molecule has 0 N–H and O–H groups in total. The van der Waals surface area contributed by atoms with Gasteiger partial charge in [-0.3, -0.25) is 0 Å². The van der Waals surface area contributed by atoms with E-state index in [9.17, 15) is 0 Å². The quantitative estimate of drug-likeness (QED) is 0.536. The largest absolute Gasteiger partial charge is 0.354 e. The van der Waals surface area contributed by atoms with Gasteiger partial charge in [-0.25, -0.2) is 9.97 Å². The van der Waals surface area contributed by atoms with Crippen LogP contribution in [0.2, 0.25) is 0 Å². The first-order valence-electron chi connectivity index (χ1n) is 3.08. The highest BCUT2D eigenvalue weighted by molar-refractivity contribution is 5.76. The second-order valence-corrected chi connectivity index (χ2v) is 2.29. The third-order valence-corrected chi connectivity index (χ3v) is 1.44. The number of aryl methyl sites for hydroxylation is 1. The molecule has 0 saturated heterocycles. The molecule has 0 aromatic carbocycles. The smallest absolute Gasteiger partial charge is 0.116 e. The van der Waals surface area contributed by atoms with Crippen LogP contribution in [0.3, 0.4) is 0 Å². The minimum Gasteiger partial charge on any atom is -0.354 e. The van der Waals surface area contributed by atoms with Gasteiger partial charge < -0.3 is 4.57 Å². The molecule has 0 radical (unpaired) electrons. The van der Waals surface area contributed by atoms with Gasteiger partial charge in [0.25, 0.3) is 0 Å². The topological polar surface area (TPSA) is 30.7 Å². The Balaban J connectivity index is 2.88. The van der Waals surface area contributed by atoms with E-state index >= 15 is 0 Å². The lowest BCUT2D eigenvalue weighted by Crippen LogP contribution is -1.76. The van der Waals surface area contributed by atoms with Crippen molar-refractivity contribution in [2.75, 3.05) is 0 Å². The van der Waals surface area contributed by atoms with E-state index in [1.807, 2.05) is 30.2 Å². The van der Waals surface area contributed by atoms with Gasteiger partial charge in [0, 0.05) is 31.0 Å². The standard InChI is InChI=1S/C7H7N3/c1-10-3-6-2-8-5-9-7(6)4-10/h2-5H,1H3. The van der Waals surface area contributed by atoms with Gasteiger partial charge in [-0.15, -0.1) is 0 Å². The van der Waals surface area contributed by atoms with Crippen LogP contribution in [0, 0.1) is 0 Å². The molecule has 2 heterocycles.